The Morgan fingerprint density at radius 1 is 1.13 bits per heavy atom. The molecule has 3 saturated carbocycles. The Kier molecular flexibility index (Phi) is 10.3. The monoisotopic (exact) mass is 763 g/mol. The predicted octanol–water partition coefficient (Wildman–Crippen LogP) is 5.51. The summed E-state index contributed by atoms with van der Waals surface area (Å²) in [5.41, 5.74) is 1.93. The number of allylic oxidation sites excluding steroid dienone is 1. The molecule has 2 N–H and O–H groups in total. The highest BCUT2D eigenvalue weighted by molar-refractivity contribution is 7.91. The molecule has 3 amide bonds. The van der Waals surface area contributed by atoms with E-state index in [2.05, 4.69) is 30.8 Å². The maximum atomic E-state index is 14.3. The van der Waals surface area contributed by atoms with Crippen molar-refractivity contribution in [1.29, 1.82) is 0 Å². The van der Waals surface area contributed by atoms with Gasteiger partial charge in [-0.15, -0.1) is 11.3 Å². The van der Waals surface area contributed by atoms with Gasteiger partial charge < -0.3 is 19.7 Å². The molecule has 0 bridgehead atoms. The van der Waals surface area contributed by atoms with Crippen LogP contribution in [0.2, 0.25) is 0 Å². The third-order valence-electron chi connectivity index (χ3n) is 11.2. The van der Waals surface area contributed by atoms with E-state index in [0.717, 1.165) is 52.2 Å². The Morgan fingerprint density at radius 2 is 1.91 bits per heavy atom. The standard InChI is InChI=1S/C39H49N5O7S2/c1-6-26-32(50-5)15-14-27-33(19-30(40-34(26)27)36-41-31(21-52-36)22(2)3)51-24-17-28-29(18-24)37(46)44(4)16-10-8-7-9-11-23-20-39(23,42-35(28)45)38(47)43-53(48,49)25-12-13-25/h9,11,14-15,19,21-25,28-29H,6-8,10,12-13,16-18,20H2,1-5H3,(H,42,45)(H,43,47)/b11-9-/t23-,24-,28-,29?,39-/m1/s1. The Morgan fingerprint density at radius 3 is 2.60 bits per heavy atom. The van der Waals surface area contributed by atoms with E-state index in [9.17, 15) is 22.8 Å². The average molecular weight is 764 g/mol. The number of benzene rings is 1. The Hall–Kier alpha value is -4.04. The Balaban J connectivity index is 1.22. The van der Waals surface area contributed by atoms with Gasteiger partial charge in [0.1, 0.15) is 33.8 Å². The first-order valence-electron chi connectivity index (χ1n) is 18.8. The van der Waals surface area contributed by atoms with Crippen LogP contribution < -0.4 is 19.5 Å². The minimum absolute atomic E-state index is 0.145. The number of fused-ring (bicyclic) bond motifs is 3. The number of methoxy groups -OCH3 is 1. The molecule has 3 aliphatic carbocycles. The second-order valence-electron chi connectivity index (χ2n) is 15.3. The molecule has 5 atom stereocenters. The highest BCUT2D eigenvalue weighted by Crippen LogP contribution is 2.47. The lowest BCUT2D eigenvalue weighted by Crippen LogP contribution is -2.54. The van der Waals surface area contributed by atoms with E-state index in [1.807, 2.05) is 35.7 Å². The van der Waals surface area contributed by atoms with Crippen LogP contribution >= 0.6 is 11.3 Å². The lowest BCUT2D eigenvalue weighted by molar-refractivity contribution is -0.140. The van der Waals surface area contributed by atoms with Crippen LogP contribution in [0.15, 0.2) is 35.7 Å². The smallest absolute Gasteiger partial charge is 0.259 e. The van der Waals surface area contributed by atoms with E-state index < -0.39 is 50.6 Å². The molecule has 4 aliphatic rings. The number of pyridine rings is 1. The van der Waals surface area contributed by atoms with E-state index in [0.29, 0.717) is 43.7 Å². The number of carbonyl (C=O) groups excluding carboxylic acids is 3. The molecule has 3 fully saturated rings. The molecule has 14 heteroatoms. The summed E-state index contributed by atoms with van der Waals surface area (Å²) in [7, 11) is -0.423. The van der Waals surface area contributed by atoms with Crippen LogP contribution in [0.25, 0.3) is 21.6 Å². The van der Waals surface area contributed by atoms with Gasteiger partial charge in [0.2, 0.25) is 21.8 Å². The van der Waals surface area contributed by atoms with Crippen molar-refractivity contribution in [1.82, 2.24) is 24.9 Å². The quantitative estimate of drug-likeness (QED) is 0.269. The molecule has 2 aromatic heterocycles. The van der Waals surface area contributed by atoms with Crippen LogP contribution in [0, 0.1) is 17.8 Å². The van der Waals surface area contributed by atoms with Crippen LogP contribution in [-0.4, -0.2) is 78.6 Å². The fourth-order valence-corrected chi connectivity index (χ4v) is 10.1. The van der Waals surface area contributed by atoms with E-state index >= 15 is 0 Å². The number of thiazole rings is 1. The minimum atomic E-state index is -3.83. The summed E-state index contributed by atoms with van der Waals surface area (Å²) in [6.07, 6.45) is 8.30. The van der Waals surface area contributed by atoms with Gasteiger partial charge in [-0.1, -0.05) is 32.9 Å². The number of aromatic nitrogens is 2. The number of nitrogens with one attached hydrogen (secondary N) is 2. The SMILES string of the molecule is CCc1c(OC)ccc2c(O[C@H]3CC4C(=O)N(C)CCCC/C=C\[C@@H]5C[C@@]5(C(=O)NS(=O)(=O)C5CC5)NC(=O)[C@@H]4C3)cc(-c3nc(C(C)C)cs3)nc12. The van der Waals surface area contributed by atoms with E-state index in [-0.39, 0.29) is 30.6 Å². The number of nitrogens with zero attached hydrogens (tertiary/aromatic N) is 3. The summed E-state index contributed by atoms with van der Waals surface area (Å²) in [4.78, 5) is 53.7. The number of amides is 3. The number of hydrogen-bond acceptors (Lipinski definition) is 10. The zero-order chi connectivity index (χ0) is 37.7. The number of hydrogen-bond donors (Lipinski definition) is 2. The molecular formula is C39H49N5O7S2. The molecule has 0 saturated heterocycles. The maximum absolute atomic E-state index is 14.3. The van der Waals surface area contributed by atoms with Gasteiger partial charge in [-0.3, -0.25) is 19.1 Å². The first-order valence-corrected chi connectivity index (χ1v) is 21.2. The van der Waals surface area contributed by atoms with Crippen LogP contribution in [0.3, 0.4) is 0 Å². The lowest BCUT2D eigenvalue weighted by atomic mass is 9.93. The van der Waals surface area contributed by atoms with Crippen molar-refractivity contribution in [2.75, 3.05) is 20.7 Å². The molecule has 3 heterocycles. The van der Waals surface area contributed by atoms with Crippen LogP contribution in [0.1, 0.15) is 89.3 Å². The van der Waals surface area contributed by atoms with Crippen LogP contribution in [0.5, 0.6) is 11.5 Å². The van der Waals surface area contributed by atoms with Crippen molar-refractivity contribution in [3.63, 3.8) is 0 Å². The second kappa shape index (κ2) is 14.7. The molecule has 0 radical (unpaired) electrons. The van der Waals surface area contributed by atoms with E-state index in [1.165, 1.54) is 11.3 Å². The molecule has 7 rings (SSSR count). The van der Waals surface area contributed by atoms with E-state index in [1.54, 1.807) is 19.1 Å². The van der Waals surface area contributed by atoms with Crippen molar-refractivity contribution in [3.8, 4) is 22.2 Å². The largest absolute Gasteiger partial charge is 0.496 e. The summed E-state index contributed by atoms with van der Waals surface area (Å²) in [6.45, 7) is 6.81. The van der Waals surface area contributed by atoms with Gasteiger partial charge in [0.25, 0.3) is 5.91 Å². The third-order valence-corrected chi connectivity index (χ3v) is 13.9. The molecule has 1 aromatic carbocycles. The average Bonchev–Trinajstić information content (AvgIpc) is 4.01. The lowest BCUT2D eigenvalue weighted by Gasteiger charge is -2.26. The van der Waals surface area contributed by atoms with Gasteiger partial charge in [-0.05, 0) is 75.8 Å². The molecular weight excluding hydrogens is 715 g/mol. The summed E-state index contributed by atoms with van der Waals surface area (Å²) in [6, 6.07) is 5.73. The van der Waals surface area contributed by atoms with Crippen molar-refractivity contribution >= 4 is 50.0 Å². The zero-order valence-electron chi connectivity index (χ0n) is 31.0. The van der Waals surface area contributed by atoms with E-state index in [4.69, 9.17) is 19.4 Å². The molecule has 1 unspecified atom stereocenters. The first kappa shape index (κ1) is 37.3. The molecule has 12 nitrogen and oxygen atoms in total. The number of sulfonamides is 1. The number of ether oxygens (including phenoxy) is 2. The fourth-order valence-electron chi connectivity index (χ4n) is 7.78. The summed E-state index contributed by atoms with van der Waals surface area (Å²) in [5.74, 6) is -1.58. The van der Waals surface area contributed by atoms with Crippen molar-refractivity contribution in [2.24, 2.45) is 17.8 Å². The molecule has 53 heavy (non-hydrogen) atoms. The van der Waals surface area contributed by atoms with Gasteiger partial charge in [-0.25, -0.2) is 18.4 Å². The van der Waals surface area contributed by atoms with Gasteiger partial charge in [0.15, 0.2) is 0 Å². The van der Waals surface area contributed by atoms with Gasteiger partial charge in [0.05, 0.1) is 35.4 Å². The third kappa shape index (κ3) is 7.41. The first-order chi connectivity index (χ1) is 25.3. The van der Waals surface area contributed by atoms with Crippen LogP contribution in [-0.2, 0) is 30.8 Å². The highest BCUT2D eigenvalue weighted by Gasteiger charge is 2.62. The molecule has 3 aromatic rings. The highest BCUT2D eigenvalue weighted by atomic mass is 32.2. The molecule has 0 spiro atoms. The van der Waals surface area contributed by atoms with Crippen LogP contribution in [0.4, 0.5) is 0 Å². The summed E-state index contributed by atoms with van der Waals surface area (Å²) >= 11 is 1.52. The second-order valence-corrected chi connectivity index (χ2v) is 18.1. The Bertz CT molecular complexity index is 2060. The molecule has 1 aliphatic heterocycles. The van der Waals surface area contributed by atoms with Crippen molar-refractivity contribution < 1.29 is 32.3 Å². The summed E-state index contributed by atoms with van der Waals surface area (Å²) < 4.78 is 40.4. The topological polar surface area (TPSA) is 157 Å². The van der Waals surface area contributed by atoms with Gasteiger partial charge in [0, 0.05) is 41.9 Å². The Labute approximate surface area is 315 Å². The predicted molar refractivity (Wildman–Crippen MR) is 203 cm³/mol. The minimum Gasteiger partial charge on any atom is -0.496 e. The van der Waals surface area contributed by atoms with Gasteiger partial charge in [-0.2, -0.15) is 0 Å². The number of rotatable bonds is 9. The van der Waals surface area contributed by atoms with Crippen molar-refractivity contribution in [2.45, 2.75) is 101 Å². The van der Waals surface area contributed by atoms with Crippen molar-refractivity contribution in [3.05, 3.63) is 47.0 Å². The van der Waals surface area contributed by atoms with Gasteiger partial charge >= 0.3 is 0 Å². The number of carbonyl (C=O) groups is 3. The zero-order valence-corrected chi connectivity index (χ0v) is 32.6. The summed E-state index contributed by atoms with van der Waals surface area (Å²) in [5, 5.41) is 5.99. The number of aryl methyl sites for hydroxylation is 1. The fraction of sp³-hybridized carbons (Fsp3) is 0.564. The maximum Gasteiger partial charge on any atom is 0.259 e. The normalized spacial score (nSPS) is 27.1. The molecule has 284 valence electrons.